The largest absolute Gasteiger partial charge is 0.481 e. The topological polar surface area (TPSA) is 74.0 Å². The third-order valence-electron chi connectivity index (χ3n) is 3.54. The van der Waals surface area contributed by atoms with E-state index in [1.165, 1.54) is 0 Å². The molecule has 1 aromatic heterocycles. The molecular formula is C14H20N2O4. The zero-order valence-electron chi connectivity index (χ0n) is 11.8. The molecule has 1 aliphatic rings. The van der Waals surface area contributed by atoms with Crippen LogP contribution in [0.15, 0.2) is 16.5 Å². The van der Waals surface area contributed by atoms with Crippen molar-refractivity contribution in [3.63, 3.8) is 0 Å². The number of carboxylic acid groups (broad SMARTS) is 1. The van der Waals surface area contributed by atoms with E-state index in [2.05, 4.69) is 0 Å². The minimum atomic E-state index is -0.802. The van der Waals surface area contributed by atoms with E-state index in [9.17, 15) is 9.59 Å². The van der Waals surface area contributed by atoms with Gasteiger partial charge in [0, 0.05) is 26.6 Å². The minimum absolute atomic E-state index is 0.0655. The molecule has 1 saturated heterocycles. The highest BCUT2D eigenvalue weighted by molar-refractivity contribution is 5.74. The number of carbonyl (C=O) groups is 2. The first-order valence-electron chi connectivity index (χ1n) is 6.73. The number of carbonyl (C=O) groups excluding carboxylic acids is 1. The zero-order chi connectivity index (χ0) is 14.7. The highest BCUT2D eigenvalue weighted by atomic mass is 16.4. The maximum Gasteiger partial charge on any atom is 0.320 e. The predicted molar refractivity (Wildman–Crippen MR) is 72.2 cm³/mol. The van der Waals surface area contributed by atoms with Gasteiger partial charge in [0.25, 0.3) is 0 Å². The molecule has 2 heterocycles. The molecule has 1 atom stereocenters. The number of carboxylic acids is 1. The van der Waals surface area contributed by atoms with Crippen LogP contribution >= 0.6 is 0 Å². The molecular weight excluding hydrogens is 260 g/mol. The maximum absolute atomic E-state index is 12.3. The van der Waals surface area contributed by atoms with E-state index in [1.54, 1.807) is 16.8 Å². The average Bonchev–Trinajstić information content (AvgIpc) is 2.97. The monoisotopic (exact) mass is 280 g/mol. The molecule has 1 aromatic rings. The van der Waals surface area contributed by atoms with Gasteiger partial charge in [-0.05, 0) is 31.4 Å². The van der Waals surface area contributed by atoms with Crippen molar-refractivity contribution in [1.29, 1.82) is 0 Å². The number of hydrogen-bond acceptors (Lipinski definition) is 3. The number of rotatable bonds is 4. The number of aliphatic carboxylic acids is 1. The van der Waals surface area contributed by atoms with Crippen LogP contribution in [0.1, 0.15) is 24.4 Å². The number of furan rings is 1. The Kier molecular flexibility index (Phi) is 4.32. The summed E-state index contributed by atoms with van der Waals surface area (Å²) in [6.07, 6.45) is 0.886. The van der Waals surface area contributed by atoms with E-state index in [0.717, 1.165) is 17.9 Å². The van der Waals surface area contributed by atoms with E-state index < -0.39 is 5.97 Å². The van der Waals surface area contributed by atoms with Crippen LogP contribution in [0.3, 0.4) is 0 Å². The first-order chi connectivity index (χ1) is 9.45. The molecule has 0 aromatic carbocycles. The van der Waals surface area contributed by atoms with Crippen molar-refractivity contribution in [2.75, 3.05) is 20.1 Å². The summed E-state index contributed by atoms with van der Waals surface area (Å²) in [6, 6.07) is 3.65. The second-order valence-electron chi connectivity index (χ2n) is 5.35. The summed E-state index contributed by atoms with van der Waals surface area (Å²) in [7, 11) is 1.73. The lowest BCUT2D eigenvalue weighted by molar-refractivity contribution is -0.138. The Balaban J connectivity index is 1.86. The highest BCUT2D eigenvalue weighted by Crippen LogP contribution is 2.21. The van der Waals surface area contributed by atoms with Gasteiger partial charge in [-0.2, -0.15) is 0 Å². The lowest BCUT2D eigenvalue weighted by atomic mass is 10.1. The molecule has 0 saturated carbocycles. The van der Waals surface area contributed by atoms with Crippen molar-refractivity contribution in [2.24, 2.45) is 5.92 Å². The average molecular weight is 280 g/mol. The van der Waals surface area contributed by atoms with Gasteiger partial charge in [0.2, 0.25) is 0 Å². The van der Waals surface area contributed by atoms with Crippen LogP contribution in [-0.4, -0.2) is 47.0 Å². The highest BCUT2D eigenvalue weighted by Gasteiger charge is 2.29. The number of likely N-dealkylation sites (tertiary alicyclic amines) is 1. The quantitative estimate of drug-likeness (QED) is 0.914. The zero-order valence-corrected chi connectivity index (χ0v) is 11.8. The minimum Gasteiger partial charge on any atom is -0.481 e. The normalized spacial score (nSPS) is 18.3. The number of aryl methyl sites for hydroxylation is 1. The Morgan fingerprint density at radius 1 is 1.50 bits per heavy atom. The second kappa shape index (κ2) is 5.98. The van der Waals surface area contributed by atoms with Gasteiger partial charge in [-0.3, -0.25) is 4.79 Å². The van der Waals surface area contributed by atoms with Crippen molar-refractivity contribution in [2.45, 2.75) is 26.3 Å². The molecule has 2 rings (SSSR count). The van der Waals surface area contributed by atoms with Gasteiger partial charge in [0.1, 0.15) is 11.5 Å². The molecule has 2 amide bonds. The number of urea groups is 1. The van der Waals surface area contributed by atoms with Crippen LogP contribution in [0.5, 0.6) is 0 Å². The fourth-order valence-electron chi connectivity index (χ4n) is 2.53. The molecule has 6 nitrogen and oxygen atoms in total. The van der Waals surface area contributed by atoms with Gasteiger partial charge in [0.15, 0.2) is 0 Å². The van der Waals surface area contributed by atoms with Crippen LogP contribution in [0.2, 0.25) is 0 Å². The molecule has 0 aliphatic carbocycles. The SMILES string of the molecule is Cc1ccc(CN(C)C(=O)N2CCC(CC(=O)O)C2)o1. The lowest BCUT2D eigenvalue weighted by Gasteiger charge is -2.24. The van der Waals surface area contributed by atoms with E-state index in [1.807, 2.05) is 19.1 Å². The molecule has 0 bridgehead atoms. The smallest absolute Gasteiger partial charge is 0.320 e. The van der Waals surface area contributed by atoms with Gasteiger partial charge in [0.05, 0.1) is 6.54 Å². The van der Waals surface area contributed by atoms with Gasteiger partial charge in [-0.15, -0.1) is 0 Å². The lowest BCUT2D eigenvalue weighted by Crippen LogP contribution is -2.39. The van der Waals surface area contributed by atoms with Gasteiger partial charge in [-0.1, -0.05) is 0 Å². The first-order valence-corrected chi connectivity index (χ1v) is 6.73. The Hall–Kier alpha value is -1.98. The van der Waals surface area contributed by atoms with Crippen molar-refractivity contribution in [3.8, 4) is 0 Å². The Labute approximate surface area is 118 Å². The Morgan fingerprint density at radius 2 is 2.25 bits per heavy atom. The number of hydrogen-bond donors (Lipinski definition) is 1. The summed E-state index contributed by atoms with van der Waals surface area (Å²) in [5, 5.41) is 8.78. The maximum atomic E-state index is 12.3. The van der Waals surface area contributed by atoms with Gasteiger partial charge < -0.3 is 19.3 Å². The van der Waals surface area contributed by atoms with Gasteiger partial charge >= 0.3 is 12.0 Å². The summed E-state index contributed by atoms with van der Waals surface area (Å²) < 4.78 is 5.45. The summed E-state index contributed by atoms with van der Waals surface area (Å²) in [5.41, 5.74) is 0. The second-order valence-corrected chi connectivity index (χ2v) is 5.35. The third-order valence-corrected chi connectivity index (χ3v) is 3.54. The van der Waals surface area contributed by atoms with Crippen LogP contribution in [-0.2, 0) is 11.3 Å². The van der Waals surface area contributed by atoms with Crippen molar-refractivity contribution >= 4 is 12.0 Å². The van der Waals surface area contributed by atoms with E-state index >= 15 is 0 Å². The fraction of sp³-hybridized carbons (Fsp3) is 0.571. The van der Waals surface area contributed by atoms with Crippen LogP contribution in [0.4, 0.5) is 4.79 Å². The molecule has 1 unspecified atom stereocenters. The molecule has 6 heteroatoms. The van der Waals surface area contributed by atoms with Crippen LogP contribution in [0, 0.1) is 12.8 Å². The summed E-state index contributed by atoms with van der Waals surface area (Å²) in [5.74, 6) is 0.836. The summed E-state index contributed by atoms with van der Waals surface area (Å²) >= 11 is 0. The van der Waals surface area contributed by atoms with E-state index in [4.69, 9.17) is 9.52 Å². The number of nitrogens with zero attached hydrogens (tertiary/aromatic N) is 2. The Morgan fingerprint density at radius 3 is 2.85 bits per heavy atom. The van der Waals surface area contributed by atoms with E-state index in [0.29, 0.717) is 19.6 Å². The standard InChI is InChI=1S/C14H20N2O4/c1-10-3-4-12(20-10)9-15(2)14(19)16-6-5-11(8-16)7-13(17)18/h3-4,11H,5-9H2,1-2H3,(H,17,18). The molecule has 0 radical (unpaired) electrons. The molecule has 110 valence electrons. The molecule has 1 aliphatic heterocycles. The third kappa shape index (κ3) is 3.53. The summed E-state index contributed by atoms with van der Waals surface area (Å²) in [6.45, 7) is 3.43. The fourth-order valence-corrected chi connectivity index (χ4v) is 2.53. The van der Waals surface area contributed by atoms with Crippen LogP contribution < -0.4 is 0 Å². The summed E-state index contributed by atoms with van der Waals surface area (Å²) in [4.78, 5) is 26.2. The molecule has 20 heavy (non-hydrogen) atoms. The molecule has 1 fully saturated rings. The van der Waals surface area contributed by atoms with Crippen molar-refractivity contribution in [3.05, 3.63) is 23.7 Å². The van der Waals surface area contributed by atoms with Gasteiger partial charge in [-0.25, -0.2) is 4.79 Å². The molecule has 1 N–H and O–H groups in total. The predicted octanol–water partition coefficient (Wildman–Crippen LogP) is 1.94. The number of amides is 2. The van der Waals surface area contributed by atoms with E-state index in [-0.39, 0.29) is 18.4 Å². The Bertz CT molecular complexity index is 497. The van der Waals surface area contributed by atoms with Crippen molar-refractivity contribution < 1.29 is 19.1 Å². The van der Waals surface area contributed by atoms with Crippen LogP contribution in [0.25, 0.3) is 0 Å². The molecule has 0 spiro atoms. The van der Waals surface area contributed by atoms with Crippen molar-refractivity contribution in [1.82, 2.24) is 9.80 Å². The first kappa shape index (κ1) is 14.4.